The Hall–Kier alpha value is -1.65. The first-order chi connectivity index (χ1) is 9.07. The fourth-order valence-electron chi connectivity index (χ4n) is 1.91. The zero-order valence-electron chi connectivity index (χ0n) is 10.8. The van der Waals surface area contributed by atoms with Crippen LogP contribution in [0.15, 0.2) is 60.7 Å². The summed E-state index contributed by atoms with van der Waals surface area (Å²) in [5.41, 5.74) is 1.74. The molecule has 0 saturated carbocycles. The summed E-state index contributed by atoms with van der Waals surface area (Å²) in [5, 5.41) is 0. The Morgan fingerprint density at radius 2 is 1.47 bits per heavy atom. The van der Waals surface area contributed by atoms with E-state index in [4.69, 9.17) is 0 Å². The maximum Gasteiger partial charge on any atom is 0.216 e. The molecule has 0 radical (unpaired) electrons. The van der Waals surface area contributed by atoms with E-state index in [0.717, 1.165) is 11.1 Å². The lowest BCUT2D eigenvalue weighted by molar-refractivity contribution is 0.566. The van der Waals surface area contributed by atoms with Gasteiger partial charge in [-0.3, -0.25) is 0 Å². The van der Waals surface area contributed by atoms with Crippen molar-refractivity contribution >= 4 is 10.0 Å². The number of rotatable bonds is 5. The summed E-state index contributed by atoms with van der Waals surface area (Å²) >= 11 is 0. The maximum absolute atomic E-state index is 12.1. The zero-order chi connectivity index (χ0) is 13.7. The smallest absolute Gasteiger partial charge is 0.212 e. The van der Waals surface area contributed by atoms with Gasteiger partial charge >= 0.3 is 0 Å². The highest BCUT2D eigenvalue weighted by Crippen LogP contribution is 2.14. The van der Waals surface area contributed by atoms with Gasteiger partial charge in [0.2, 0.25) is 10.0 Å². The first kappa shape index (κ1) is 13.8. The van der Waals surface area contributed by atoms with Crippen molar-refractivity contribution in [2.24, 2.45) is 0 Å². The lowest BCUT2D eigenvalue weighted by atomic mass is 10.1. The minimum absolute atomic E-state index is 0.00497. The van der Waals surface area contributed by atoms with Crippen LogP contribution >= 0.6 is 0 Å². The molecule has 2 aromatic carbocycles. The standard InChI is InChI=1S/C15H17NO2S/c1-13(15-10-6-3-7-11-15)16-19(17,18)12-14-8-4-2-5-9-14/h2-11,13,16H,12H2,1H3/t13-/m1/s1. The van der Waals surface area contributed by atoms with Crippen LogP contribution in [0.1, 0.15) is 24.1 Å². The summed E-state index contributed by atoms with van der Waals surface area (Å²) in [6.45, 7) is 1.85. The lowest BCUT2D eigenvalue weighted by Crippen LogP contribution is -2.28. The van der Waals surface area contributed by atoms with Gasteiger partial charge in [0.15, 0.2) is 0 Å². The second kappa shape index (κ2) is 5.99. The maximum atomic E-state index is 12.1. The predicted molar refractivity (Wildman–Crippen MR) is 77.1 cm³/mol. The third kappa shape index (κ3) is 4.19. The number of benzene rings is 2. The molecule has 0 unspecified atom stereocenters. The van der Waals surface area contributed by atoms with Crippen LogP contribution in [0.3, 0.4) is 0 Å². The molecule has 0 aromatic heterocycles. The molecule has 19 heavy (non-hydrogen) atoms. The van der Waals surface area contributed by atoms with Crippen molar-refractivity contribution in [3.05, 3.63) is 71.8 Å². The topological polar surface area (TPSA) is 46.2 Å². The Morgan fingerprint density at radius 1 is 0.947 bits per heavy atom. The van der Waals surface area contributed by atoms with Gasteiger partial charge in [-0.2, -0.15) is 0 Å². The van der Waals surface area contributed by atoms with Crippen LogP contribution < -0.4 is 4.72 Å². The van der Waals surface area contributed by atoms with Crippen LogP contribution in [-0.4, -0.2) is 8.42 Å². The zero-order valence-corrected chi connectivity index (χ0v) is 11.6. The van der Waals surface area contributed by atoms with E-state index < -0.39 is 10.0 Å². The molecule has 0 saturated heterocycles. The van der Waals surface area contributed by atoms with Crippen molar-refractivity contribution in [3.8, 4) is 0 Å². The largest absolute Gasteiger partial charge is 0.216 e. The lowest BCUT2D eigenvalue weighted by Gasteiger charge is -2.14. The Kier molecular flexibility index (Phi) is 4.35. The highest BCUT2D eigenvalue weighted by Gasteiger charge is 2.16. The Bertz CT molecular complexity index is 609. The summed E-state index contributed by atoms with van der Waals surface area (Å²) in [7, 11) is -3.33. The fraction of sp³-hybridized carbons (Fsp3) is 0.200. The highest BCUT2D eigenvalue weighted by atomic mass is 32.2. The van der Waals surface area contributed by atoms with E-state index in [9.17, 15) is 8.42 Å². The second-order valence-corrected chi connectivity index (χ2v) is 6.25. The molecule has 0 aliphatic heterocycles. The second-order valence-electron chi connectivity index (χ2n) is 4.49. The van der Waals surface area contributed by atoms with Gasteiger partial charge in [-0.1, -0.05) is 60.7 Å². The summed E-state index contributed by atoms with van der Waals surface area (Å²) in [5.74, 6) is 0.00497. The SMILES string of the molecule is C[C@@H](NS(=O)(=O)Cc1ccccc1)c1ccccc1. The van der Waals surface area contributed by atoms with Crippen molar-refractivity contribution in [3.63, 3.8) is 0 Å². The van der Waals surface area contributed by atoms with Crippen molar-refractivity contribution < 1.29 is 8.42 Å². The molecule has 0 aliphatic rings. The van der Waals surface area contributed by atoms with Crippen LogP contribution in [0.4, 0.5) is 0 Å². The van der Waals surface area contributed by atoms with E-state index in [2.05, 4.69) is 4.72 Å². The number of sulfonamides is 1. The molecule has 0 heterocycles. The average molecular weight is 275 g/mol. The normalized spacial score (nSPS) is 13.1. The van der Waals surface area contributed by atoms with Crippen LogP contribution in [0, 0.1) is 0 Å². The van der Waals surface area contributed by atoms with E-state index in [-0.39, 0.29) is 11.8 Å². The van der Waals surface area contributed by atoms with Crippen molar-refractivity contribution in [1.29, 1.82) is 0 Å². The van der Waals surface area contributed by atoms with E-state index >= 15 is 0 Å². The third-order valence-electron chi connectivity index (χ3n) is 2.86. The van der Waals surface area contributed by atoms with E-state index in [1.807, 2.05) is 67.6 Å². The molecule has 0 bridgehead atoms. The van der Waals surface area contributed by atoms with E-state index in [0.29, 0.717) is 0 Å². The van der Waals surface area contributed by atoms with Gasteiger partial charge in [-0.15, -0.1) is 0 Å². The molecule has 4 heteroatoms. The Labute approximate surface area is 114 Å². The van der Waals surface area contributed by atoms with Gasteiger partial charge in [0.1, 0.15) is 0 Å². The third-order valence-corrected chi connectivity index (χ3v) is 4.28. The Morgan fingerprint density at radius 3 is 2.05 bits per heavy atom. The molecular formula is C15H17NO2S. The predicted octanol–water partition coefficient (Wildman–Crippen LogP) is 2.87. The van der Waals surface area contributed by atoms with Gasteiger partial charge in [-0.05, 0) is 18.1 Å². The molecule has 3 nitrogen and oxygen atoms in total. The number of nitrogens with one attached hydrogen (secondary N) is 1. The van der Waals surface area contributed by atoms with E-state index in [1.165, 1.54) is 0 Å². The van der Waals surface area contributed by atoms with Gasteiger partial charge in [-0.25, -0.2) is 13.1 Å². The summed E-state index contributed by atoms with van der Waals surface area (Å²) in [6.07, 6.45) is 0. The monoisotopic (exact) mass is 275 g/mol. The fourth-order valence-corrected chi connectivity index (χ4v) is 3.30. The van der Waals surface area contributed by atoms with Crippen LogP contribution in [0.5, 0.6) is 0 Å². The quantitative estimate of drug-likeness (QED) is 0.912. The van der Waals surface area contributed by atoms with Crippen molar-refractivity contribution in [2.75, 3.05) is 0 Å². The minimum atomic E-state index is -3.33. The van der Waals surface area contributed by atoms with Crippen molar-refractivity contribution in [2.45, 2.75) is 18.7 Å². The molecule has 2 aromatic rings. The molecule has 0 fully saturated rings. The molecule has 0 amide bonds. The number of hydrogen-bond donors (Lipinski definition) is 1. The summed E-state index contributed by atoms with van der Waals surface area (Å²) in [6, 6.07) is 18.5. The number of hydrogen-bond acceptors (Lipinski definition) is 2. The van der Waals surface area contributed by atoms with Crippen LogP contribution in [0.2, 0.25) is 0 Å². The van der Waals surface area contributed by atoms with Crippen molar-refractivity contribution in [1.82, 2.24) is 4.72 Å². The van der Waals surface area contributed by atoms with Gasteiger partial charge in [0.05, 0.1) is 5.75 Å². The summed E-state index contributed by atoms with van der Waals surface area (Å²) in [4.78, 5) is 0. The molecule has 0 spiro atoms. The first-order valence-corrected chi connectivity index (χ1v) is 7.81. The first-order valence-electron chi connectivity index (χ1n) is 6.16. The molecule has 1 atom stereocenters. The highest BCUT2D eigenvalue weighted by molar-refractivity contribution is 7.88. The average Bonchev–Trinajstić information content (AvgIpc) is 2.39. The molecule has 1 N–H and O–H groups in total. The van der Waals surface area contributed by atoms with E-state index in [1.54, 1.807) is 0 Å². The molecular weight excluding hydrogens is 258 g/mol. The van der Waals surface area contributed by atoms with Crippen LogP contribution in [-0.2, 0) is 15.8 Å². The van der Waals surface area contributed by atoms with Gasteiger partial charge < -0.3 is 0 Å². The van der Waals surface area contributed by atoms with Gasteiger partial charge in [0.25, 0.3) is 0 Å². The van der Waals surface area contributed by atoms with Gasteiger partial charge in [0, 0.05) is 6.04 Å². The molecule has 0 aliphatic carbocycles. The summed E-state index contributed by atoms with van der Waals surface area (Å²) < 4.78 is 26.8. The molecule has 2 rings (SSSR count). The van der Waals surface area contributed by atoms with Crippen LogP contribution in [0.25, 0.3) is 0 Å². The Balaban J connectivity index is 2.06. The molecule has 100 valence electrons. The minimum Gasteiger partial charge on any atom is -0.212 e.